The summed E-state index contributed by atoms with van der Waals surface area (Å²) in [5.41, 5.74) is 1.59. The summed E-state index contributed by atoms with van der Waals surface area (Å²) in [5.74, 6) is -0.264. The van der Waals surface area contributed by atoms with Crippen LogP contribution in [0.5, 0.6) is 0 Å². The highest BCUT2D eigenvalue weighted by Crippen LogP contribution is 2.06. The predicted molar refractivity (Wildman–Crippen MR) is 89.9 cm³/mol. The molecule has 0 saturated heterocycles. The number of carbonyl (C=O) groups is 2. The molecule has 0 spiro atoms. The van der Waals surface area contributed by atoms with E-state index in [0.29, 0.717) is 12.0 Å². The Morgan fingerprint density at radius 2 is 1.41 bits per heavy atom. The maximum Gasteiger partial charge on any atom is 0.251 e. The van der Waals surface area contributed by atoms with E-state index in [1.54, 1.807) is 24.3 Å². The average molecular weight is 297 g/mol. The Kier molecular flexibility index (Phi) is 7.62. The van der Waals surface area contributed by atoms with Gasteiger partial charge in [0.15, 0.2) is 5.78 Å². The van der Waals surface area contributed by atoms with Crippen LogP contribution in [0.1, 0.15) is 36.7 Å². The highest BCUT2D eigenvalue weighted by Gasteiger charge is 2.18. The molecule has 0 fully saturated rings. The predicted octanol–water partition coefficient (Wildman–Crippen LogP) is 3.64. The van der Waals surface area contributed by atoms with E-state index in [4.69, 9.17) is 0 Å². The van der Waals surface area contributed by atoms with Crippen LogP contribution in [0.15, 0.2) is 60.7 Å². The summed E-state index contributed by atoms with van der Waals surface area (Å²) in [6, 6.07) is 18.1. The minimum absolute atomic E-state index is 0.0434. The van der Waals surface area contributed by atoms with Crippen LogP contribution >= 0.6 is 0 Å². The SMILES string of the molecule is CC.CC(=O)[C@H](Cc1ccccc1)NC(=O)c1ccccc1. The van der Waals surface area contributed by atoms with Gasteiger partial charge in [-0.2, -0.15) is 0 Å². The number of rotatable bonds is 5. The number of nitrogens with one attached hydrogen (secondary N) is 1. The summed E-state index contributed by atoms with van der Waals surface area (Å²) in [6.07, 6.45) is 0.509. The van der Waals surface area contributed by atoms with Crippen LogP contribution in [0.25, 0.3) is 0 Å². The summed E-state index contributed by atoms with van der Waals surface area (Å²) < 4.78 is 0. The minimum Gasteiger partial charge on any atom is -0.342 e. The molecule has 2 rings (SSSR count). The van der Waals surface area contributed by atoms with Crippen molar-refractivity contribution in [2.24, 2.45) is 0 Å². The molecule has 1 N–H and O–H groups in total. The van der Waals surface area contributed by atoms with Gasteiger partial charge in [0.1, 0.15) is 0 Å². The average Bonchev–Trinajstić information content (AvgIpc) is 2.57. The van der Waals surface area contributed by atoms with Gasteiger partial charge in [0, 0.05) is 5.56 Å². The first-order chi connectivity index (χ1) is 10.7. The number of amides is 1. The molecule has 0 aliphatic carbocycles. The summed E-state index contributed by atoms with van der Waals surface area (Å²) in [4.78, 5) is 23.8. The fraction of sp³-hybridized carbons (Fsp3) is 0.263. The number of hydrogen-bond acceptors (Lipinski definition) is 2. The molecule has 3 nitrogen and oxygen atoms in total. The van der Waals surface area contributed by atoms with Crippen LogP contribution in [0.3, 0.4) is 0 Å². The Bertz CT molecular complexity index is 579. The van der Waals surface area contributed by atoms with Gasteiger partial charge in [-0.25, -0.2) is 0 Å². The van der Waals surface area contributed by atoms with E-state index in [2.05, 4.69) is 5.32 Å². The maximum absolute atomic E-state index is 12.1. The number of benzene rings is 2. The molecule has 0 heterocycles. The summed E-state index contributed by atoms with van der Waals surface area (Å²) >= 11 is 0. The number of Topliss-reactive ketones (excluding diaryl/α,β-unsaturated/α-hetero) is 1. The fourth-order valence-electron chi connectivity index (χ4n) is 1.98. The minimum atomic E-state index is -0.495. The third kappa shape index (κ3) is 5.52. The van der Waals surface area contributed by atoms with Crippen molar-refractivity contribution in [3.8, 4) is 0 Å². The van der Waals surface area contributed by atoms with E-state index in [-0.39, 0.29) is 11.7 Å². The van der Waals surface area contributed by atoms with E-state index in [0.717, 1.165) is 5.56 Å². The van der Waals surface area contributed by atoms with Crippen LogP contribution < -0.4 is 5.32 Å². The summed E-state index contributed by atoms with van der Waals surface area (Å²) in [5, 5.41) is 2.79. The molecule has 3 heteroatoms. The first kappa shape index (κ1) is 17.6. The molecule has 2 aromatic carbocycles. The van der Waals surface area contributed by atoms with Crippen molar-refractivity contribution in [1.29, 1.82) is 0 Å². The third-order valence-corrected chi connectivity index (χ3v) is 3.11. The van der Waals surface area contributed by atoms with Gasteiger partial charge < -0.3 is 5.32 Å². The smallest absolute Gasteiger partial charge is 0.251 e. The van der Waals surface area contributed by atoms with Crippen LogP contribution in [0.2, 0.25) is 0 Å². The lowest BCUT2D eigenvalue weighted by molar-refractivity contribution is -0.118. The van der Waals surface area contributed by atoms with Gasteiger partial charge in [0.25, 0.3) is 5.91 Å². The first-order valence-electron chi connectivity index (χ1n) is 7.57. The Morgan fingerprint density at radius 1 is 0.909 bits per heavy atom. The summed E-state index contributed by atoms with van der Waals surface area (Å²) in [7, 11) is 0. The lowest BCUT2D eigenvalue weighted by atomic mass is 10.0. The van der Waals surface area contributed by atoms with Gasteiger partial charge in [-0.1, -0.05) is 62.4 Å². The van der Waals surface area contributed by atoms with Crippen molar-refractivity contribution in [1.82, 2.24) is 5.32 Å². The van der Waals surface area contributed by atoms with Crippen molar-refractivity contribution >= 4 is 11.7 Å². The topological polar surface area (TPSA) is 46.2 Å². The Labute approximate surface area is 132 Å². The van der Waals surface area contributed by atoms with Crippen molar-refractivity contribution in [2.45, 2.75) is 33.2 Å². The van der Waals surface area contributed by atoms with Gasteiger partial charge in [-0.3, -0.25) is 9.59 Å². The largest absolute Gasteiger partial charge is 0.342 e. The first-order valence-corrected chi connectivity index (χ1v) is 7.57. The van der Waals surface area contributed by atoms with Gasteiger partial charge in [0.05, 0.1) is 6.04 Å². The van der Waals surface area contributed by atoms with E-state index >= 15 is 0 Å². The van der Waals surface area contributed by atoms with Crippen molar-refractivity contribution < 1.29 is 9.59 Å². The molecular weight excluding hydrogens is 274 g/mol. The Balaban J connectivity index is 0.00000116. The molecule has 0 aromatic heterocycles. The molecule has 2 aromatic rings. The zero-order valence-electron chi connectivity index (χ0n) is 13.4. The molecule has 1 atom stereocenters. The molecule has 0 aliphatic heterocycles. The maximum atomic E-state index is 12.1. The van der Waals surface area contributed by atoms with Crippen LogP contribution in [-0.2, 0) is 11.2 Å². The second-order valence-corrected chi connectivity index (χ2v) is 4.69. The quantitative estimate of drug-likeness (QED) is 0.915. The van der Waals surface area contributed by atoms with Crippen LogP contribution in [0.4, 0.5) is 0 Å². The molecule has 0 aliphatic rings. The Hall–Kier alpha value is -2.42. The van der Waals surface area contributed by atoms with Crippen molar-refractivity contribution in [3.63, 3.8) is 0 Å². The lowest BCUT2D eigenvalue weighted by Crippen LogP contribution is -2.41. The third-order valence-electron chi connectivity index (χ3n) is 3.11. The number of ketones is 1. The molecule has 0 saturated carbocycles. The Morgan fingerprint density at radius 3 is 1.91 bits per heavy atom. The van der Waals surface area contributed by atoms with E-state index in [1.807, 2.05) is 50.2 Å². The molecular formula is C19H23NO2. The van der Waals surface area contributed by atoms with Crippen LogP contribution in [-0.4, -0.2) is 17.7 Å². The van der Waals surface area contributed by atoms with Gasteiger partial charge in [-0.15, -0.1) is 0 Å². The molecule has 1 amide bonds. The lowest BCUT2D eigenvalue weighted by Gasteiger charge is -2.16. The van der Waals surface area contributed by atoms with Gasteiger partial charge >= 0.3 is 0 Å². The van der Waals surface area contributed by atoms with E-state index in [1.165, 1.54) is 6.92 Å². The monoisotopic (exact) mass is 297 g/mol. The highest BCUT2D eigenvalue weighted by molar-refractivity contribution is 5.97. The van der Waals surface area contributed by atoms with Crippen LogP contribution in [0, 0.1) is 0 Å². The van der Waals surface area contributed by atoms with E-state index in [9.17, 15) is 9.59 Å². The molecule has 0 radical (unpaired) electrons. The standard InChI is InChI=1S/C17H17NO2.C2H6/c1-13(19)16(12-14-8-4-2-5-9-14)18-17(20)15-10-6-3-7-11-15;1-2/h2-11,16H,12H2,1H3,(H,18,20);1-2H3/t16-;/m0./s1. The molecule has 22 heavy (non-hydrogen) atoms. The fourth-order valence-corrected chi connectivity index (χ4v) is 1.98. The number of hydrogen-bond donors (Lipinski definition) is 1. The second-order valence-electron chi connectivity index (χ2n) is 4.69. The zero-order valence-corrected chi connectivity index (χ0v) is 13.4. The van der Waals surface area contributed by atoms with E-state index < -0.39 is 6.04 Å². The zero-order chi connectivity index (χ0) is 16.4. The van der Waals surface area contributed by atoms with Crippen molar-refractivity contribution in [3.05, 3.63) is 71.8 Å². The highest BCUT2D eigenvalue weighted by atomic mass is 16.2. The second kappa shape index (κ2) is 9.50. The molecule has 116 valence electrons. The van der Waals surface area contributed by atoms with Crippen molar-refractivity contribution in [2.75, 3.05) is 0 Å². The molecule has 0 bridgehead atoms. The van der Waals surface area contributed by atoms with Gasteiger partial charge in [0.2, 0.25) is 0 Å². The number of carbonyl (C=O) groups excluding carboxylic acids is 2. The molecule has 0 unspecified atom stereocenters. The summed E-state index contributed by atoms with van der Waals surface area (Å²) in [6.45, 7) is 5.50. The van der Waals surface area contributed by atoms with Gasteiger partial charge in [-0.05, 0) is 31.0 Å². The normalized spacial score (nSPS) is 10.9.